The third-order valence-corrected chi connectivity index (χ3v) is 5.36. The van der Waals surface area contributed by atoms with E-state index in [9.17, 15) is 13.2 Å². The van der Waals surface area contributed by atoms with E-state index in [4.69, 9.17) is 9.15 Å². The molecule has 1 aromatic heterocycles. The lowest BCUT2D eigenvalue weighted by Crippen LogP contribution is -2.14. The first kappa shape index (κ1) is 16.3. The Labute approximate surface area is 139 Å². The maximum Gasteiger partial charge on any atom is 0.355 e. The van der Waals surface area contributed by atoms with Crippen LogP contribution in [0.25, 0.3) is 11.0 Å². The highest BCUT2D eigenvalue weighted by atomic mass is 32.2. The molecular formula is C18H16O5S. The average molecular weight is 344 g/mol. The standard InChI is InChI=1S/C18H16O5S/c1-3-22-14-7-6-13-10-17(18(19)23-16(13)11-14)24(20,21)15-8-4-12(2)5-9-15/h4-11H,3H2,1-2H3. The minimum absolute atomic E-state index is 0.0608. The predicted octanol–water partition coefficient (Wildman–Crippen LogP) is 3.33. The van der Waals surface area contributed by atoms with Crippen molar-refractivity contribution >= 4 is 20.8 Å². The van der Waals surface area contributed by atoms with Gasteiger partial charge in [-0.3, -0.25) is 0 Å². The van der Waals surface area contributed by atoms with E-state index in [1.54, 1.807) is 30.3 Å². The van der Waals surface area contributed by atoms with Crippen molar-refractivity contribution in [2.45, 2.75) is 23.6 Å². The molecule has 1 heterocycles. The summed E-state index contributed by atoms with van der Waals surface area (Å²) in [7, 11) is -3.94. The molecule has 0 saturated carbocycles. The first-order chi connectivity index (χ1) is 11.4. The molecule has 0 unspecified atom stereocenters. The number of fused-ring (bicyclic) bond motifs is 1. The van der Waals surface area contributed by atoms with Gasteiger partial charge in [0, 0.05) is 11.5 Å². The van der Waals surface area contributed by atoms with Crippen LogP contribution in [-0.4, -0.2) is 15.0 Å². The molecule has 0 atom stereocenters. The second-order valence-corrected chi connectivity index (χ2v) is 7.27. The lowest BCUT2D eigenvalue weighted by atomic mass is 10.2. The van der Waals surface area contributed by atoms with Crippen molar-refractivity contribution < 1.29 is 17.6 Å². The maximum absolute atomic E-state index is 12.7. The molecule has 3 aromatic rings. The third kappa shape index (κ3) is 2.92. The number of benzene rings is 2. The van der Waals surface area contributed by atoms with Crippen molar-refractivity contribution in [3.05, 3.63) is 64.5 Å². The molecule has 0 radical (unpaired) electrons. The van der Waals surface area contributed by atoms with Crippen LogP contribution in [0.1, 0.15) is 12.5 Å². The average Bonchev–Trinajstić information content (AvgIpc) is 2.54. The van der Waals surface area contributed by atoms with Crippen LogP contribution >= 0.6 is 0 Å². The topological polar surface area (TPSA) is 73.6 Å². The lowest BCUT2D eigenvalue weighted by molar-refractivity contribution is 0.340. The van der Waals surface area contributed by atoms with Crippen LogP contribution < -0.4 is 10.4 Å². The smallest absolute Gasteiger partial charge is 0.355 e. The van der Waals surface area contributed by atoms with E-state index in [2.05, 4.69) is 0 Å². The Morgan fingerprint density at radius 3 is 2.42 bits per heavy atom. The van der Waals surface area contributed by atoms with Gasteiger partial charge in [-0.2, -0.15) is 0 Å². The summed E-state index contributed by atoms with van der Waals surface area (Å²) >= 11 is 0. The van der Waals surface area contributed by atoms with Crippen LogP contribution in [0, 0.1) is 6.92 Å². The van der Waals surface area contributed by atoms with Gasteiger partial charge in [0.2, 0.25) is 9.84 Å². The molecule has 2 aromatic carbocycles. The molecule has 0 fully saturated rings. The lowest BCUT2D eigenvalue weighted by Gasteiger charge is -2.07. The highest BCUT2D eigenvalue weighted by molar-refractivity contribution is 7.91. The number of ether oxygens (including phenoxy) is 1. The van der Waals surface area contributed by atoms with Crippen LogP contribution in [0.4, 0.5) is 0 Å². The van der Waals surface area contributed by atoms with Crippen LogP contribution in [0.15, 0.2) is 67.5 Å². The van der Waals surface area contributed by atoms with Crippen molar-refractivity contribution in [2.24, 2.45) is 0 Å². The Hall–Kier alpha value is -2.60. The summed E-state index contributed by atoms with van der Waals surface area (Å²) in [6.45, 7) is 4.18. The summed E-state index contributed by atoms with van der Waals surface area (Å²) in [5, 5.41) is 0.517. The number of aryl methyl sites for hydroxylation is 1. The summed E-state index contributed by atoms with van der Waals surface area (Å²) in [6.07, 6.45) is 0. The van der Waals surface area contributed by atoms with E-state index in [0.29, 0.717) is 17.7 Å². The Balaban J connectivity index is 2.16. The fourth-order valence-electron chi connectivity index (χ4n) is 2.36. The van der Waals surface area contributed by atoms with Gasteiger partial charge in [0.15, 0.2) is 4.90 Å². The first-order valence-corrected chi connectivity index (χ1v) is 8.92. The molecule has 0 amide bonds. The van der Waals surface area contributed by atoms with E-state index in [1.807, 2.05) is 13.8 Å². The van der Waals surface area contributed by atoms with Gasteiger partial charge in [-0.15, -0.1) is 0 Å². The first-order valence-electron chi connectivity index (χ1n) is 7.44. The monoisotopic (exact) mass is 344 g/mol. The molecule has 0 aliphatic carbocycles. The van der Waals surface area contributed by atoms with E-state index in [-0.39, 0.29) is 15.4 Å². The van der Waals surface area contributed by atoms with Gasteiger partial charge < -0.3 is 9.15 Å². The quantitative estimate of drug-likeness (QED) is 0.679. The van der Waals surface area contributed by atoms with E-state index >= 15 is 0 Å². The largest absolute Gasteiger partial charge is 0.494 e. The summed E-state index contributed by atoms with van der Waals surface area (Å²) in [5.41, 5.74) is 0.327. The molecule has 124 valence electrons. The van der Waals surface area contributed by atoms with Crippen LogP contribution in [0.5, 0.6) is 5.75 Å². The Morgan fingerprint density at radius 1 is 1.04 bits per heavy atom. The van der Waals surface area contributed by atoms with Gasteiger partial charge in [0.1, 0.15) is 11.3 Å². The molecule has 0 aliphatic rings. The molecule has 6 heteroatoms. The zero-order valence-corrected chi connectivity index (χ0v) is 14.1. The Morgan fingerprint density at radius 2 is 1.75 bits per heavy atom. The van der Waals surface area contributed by atoms with Crippen molar-refractivity contribution in [3.8, 4) is 5.75 Å². The highest BCUT2D eigenvalue weighted by Crippen LogP contribution is 2.24. The Kier molecular flexibility index (Phi) is 4.15. The fraction of sp³-hybridized carbons (Fsp3) is 0.167. The van der Waals surface area contributed by atoms with Crippen LogP contribution in [0.2, 0.25) is 0 Å². The van der Waals surface area contributed by atoms with E-state index in [0.717, 1.165) is 5.56 Å². The molecule has 0 saturated heterocycles. The summed E-state index contributed by atoms with van der Waals surface area (Å²) < 4.78 is 35.9. The van der Waals surface area contributed by atoms with Crippen molar-refractivity contribution in [3.63, 3.8) is 0 Å². The predicted molar refractivity (Wildman–Crippen MR) is 90.3 cm³/mol. The molecule has 5 nitrogen and oxygen atoms in total. The second-order valence-electron chi connectivity index (χ2n) is 5.35. The van der Waals surface area contributed by atoms with Gasteiger partial charge in [0.25, 0.3) is 0 Å². The van der Waals surface area contributed by atoms with Crippen LogP contribution in [0.3, 0.4) is 0 Å². The molecular weight excluding hydrogens is 328 g/mol. The van der Waals surface area contributed by atoms with Gasteiger partial charge >= 0.3 is 5.63 Å². The van der Waals surface area contributed by atoms with Gasteiger partial charge in [-0.1, -0.05) is 17.7 Å². The molecule has 0 N–H and O–H groups in total. The maximum atomic E-state index is 12.7. The van der Waals surface area contributed by atoms with Crippen molar-refractivity contribution in [2.75, 3.05) is 6.61 Å². The van der Waals surface area contributed by atoms with Crippen LogP contribution in [-0.2, 0) is 9.84 Å². The summed E-state index contributed by atoms with van der Waals surface area (Å²) in [4.78, 5) is 11.9. The third-order valence-electron chi connectivity index (χ3n) is 3.61. The fourth-order valence-corrected chi connectivity index (χ4v) is 3.65. The summed E-state index contributed by atoms with van der Waals surface area (Å²) in [6, 6.07) is 12.6. The van der Waals surface area contributed by atoms with Gasteiger partial charge in [-0.05, 0) is 44.2 Å². The molecule has 0 aliphatic heterocycles. The number of sulfone groups is 1. The minimum Gasteiger partial charge on any atom is -0.494 e. The van der Waals surface area contributed by atoms with Crippen molar-refractivity contribution in [1.29, 1.82) is 0 Å². The highest BCUT2D eigenvalue weighted by Gasteiger charge is 2.23. The zero-order chi connectivity index (χ0) is 17.3. The second kappa shape index (κ2) is 6.13. The number of hydrogen-bond donors (Lipinski definition) is 0. The van der Waals surface area contributed by atoms with E-state index < -0.39 is 15.5 Å². The molecule has 0 bridgehead atoms. The minimum atomic E-state index is -3.94. The molecule has 0 spiro atoms. The van der Waals surface area contributed by atoms with Crippen molar-refractivity contribution in [1.82, 2.24) is 0 Å². The van der Waals surface area contributed by atoms with Gasteiger partial charge in [-0.25, -0.2) is 13.2 Å². The SMILES string of the molecule is CCOc1ccc2cc(S(=O)(=O)c3ccc(C)cc3)c(=O)oc2c1. The Bertz CT molecular complexity index is 1050. The number of hydrogen-bond acceptors (Lipinski definition) is 5. The molecule has 24 heavy (non-hydrogen) atoms. The number of rotatable bonds is 4. The normalized spacial score (nSPS) is 11.6. The summed E-state index contributed by atoms with van der Waals surface area (Å²) in [5.74, 6) is 0.558. The molecule has 3 rings (SSSR count). The van der Waals surface area contributed by atoms with E-state index in [1.165, 1.54) is 18.2 Å². The zero-order valence-electron chi connectivity index (χ0n) is 13.3. The van der Waals surface area contributed by atoms with Gasteiger partial charge in [0.05, 0.1) is 11.5 Å².